The molecule has 2 rings (SSSR count). The van der Waals surface area contributed by atoms with Crippen LogP contribution < -0.4 is 10.1 Å². The first kappa shape index (κ1) is 14.1. The molecule has 2 nitrogen and oxygen atoms in total. The van der Waals surface area contributed by atoms with Crippen LogP contribution in [0.15, 0.2) is 35.4 Å². The normalized spacial score (nSPS) is 19.6. The van der Waals surface area contributed by atoms with Gasteiger partial charge in [0.2, 0.25) is 0 Å². The summed E-state index contributed by atoms with van der Waals surface area (Å²) in [5, 5.41) is 3.67. The zero-order valence-corrected chi connectivity index (χ0v) is 12.3. The Bertz CT molecular complexity index is 433. The maximum atomic E-state index is 5.21. The molecular weight excluding hydrogens is 234 g/mol. The van der Waals surface area contributed by atoms with Crippen LogP contribution in [-0.4, -0.2) is 19.7 Å². The van der Waals surface area contributed by atoms with E-state index >= 15 is 0 Å². The van der Waals surface area contributed by atoms with Gasteiger partial charge in [-0.2, -0.15) is 0 Å². The molecule has 1 N–H and O–H groups in total. The number of methoxy groups -OCH3 is 1. The maximum absolute atomic E-state index is 5.21. The highest BCUT2D eigenvalue weighted by Gasteiger charge is 2.20. The third kappa shape index (κ3) is 3.60. The van der Waals surface area contributed by atoms with Gasteiger partial charge in [0.15, 0.2) is 0 Å². The van der Waals surface area contributed by atoms with Crippen LogP contribution in [-0.2, 0) is 6.42 Å². The summed E-state index contributed by atoms with van der Waals surface area (Å²) >= 11 is 0. The topological polar surface area (TPSA) is 21.3 Å². The molecule has 0 fully saturated rings. The first-order valence-electron chi connectivity index (χ1n) is 7.29. The van der Waals surface area contributed by atoms with E-state index in [2.05, 4.69) is 31.3 Å². The number of hydrogen-bond acceptors (Lipinski definition) is 2. The Labute approximate surface area is 116 Å². The quantitative estimate of drug-likeness (QED) is 0.814. The average Bonchev–Trinajstić information content (AvgIpc) is 2.43. The second kappa shape index (κ2) is 6.76. The summed E-state index contributed by atoms with van der Waals surface area (Å²) in [6.45, 7) is 5.67. The number of hydrogen-bond donors (Lipinski definition) is 1. The van der Waals surface area contributed by atoms with Crippen molar-refractivity contribution in [3.8, 4) is 5.75 Å². The van der Waals surface area contributed by atoms with E-state index in [-0.39, 0.29) is 0 Å². The van der Waals surface area contributed by atoms with Gasteiger partial charge in [-0.05, 0) is 50.4 Å². The van der Waals surface area contributed by atoms with Crippen LogP contribution in [0.2, 0.25) is 0 Å². The van der Waals surface area contributed by atoms with Gasteiger partial charge in [0.25, 0.3) is 0 Å². The van der Waals surface area contributed by atoms with Crippen molar-refractivity contribution in [2.24, 2.45) is 0 Å². The van der Waals surface area contributed by atoms with Crippen LogP contribution in [0.25, 0.3) is 0 Å². The molecule has 1 heterocycles. The smallest absolute Gasteiger partial charge is 0.118 e. The van der Waals surface area contributed by atoms with Gasteiger partial charge < -0.3 is 10.1 Å². The highest BCUT2D eigenvalue weighted by molar-refractivity contribution is 5.30. The summed E-state index contributed by atoms with van der Waals surface area (Å²) in [4.78, 5) is 0. The largest absolute Gasteiger partial charge is 0.497 e. The zero-order chi connectivity index (χ0) is 13.7. The predicted octanol–water partition coefficient (Wildman–Crippen LogP) is 3.72. The molecule has 1 aromatic carbocycles. The predicted molar refractivity (Wildman–Crippen MR) is 80.7 cm³/mol. The van der Waals surface area contributed by atoms with E-state index in [1.54, 1.807) is 18.3 Å². The van der Waals surface area contributed by atoms with Crippen molar-refractivity contribution in [3.63, 3.8) is 0 Å². The Hall–Kier alpha value is -1.28. The summed E-state index contributed by atoms with van der Waals surface area (Å²) in [5.41, 5.74) is 4.60. The lowest BCUT2D eigenvalue weighted by Crippen LogP contribution is -2.38. The van der Waals surface area contributed by atoms with Crippen LogP contribution >= 0.6 is 0 Å². The molecule has 1 atom stereocenters. The van der Waals surface area contributed by atoms with E-state index in [1.807, 2.05) is 12.1 Å². The summed E-state index contributed by atoms with van der Waals surface area (Å²) < 4.78 is 5.21. The van der Waals surface area contributed by atoms with Gasteiger partial charge in [0.1, 0.15) is 5.75 Å². The van der Waals surface area contributed by atoms with Crippen molar-refractivity contribution in [2.45, 2.75) is 45.6 Å². The van der Waals surface area contributed by atoms with Gasteiger partial charge in [0, 0.05) is 6.04 Å². The molecule has 0 aromatic heterocycles. The SMILES string of the molecule is CCCC1=C(C)CCNC1Cc1ccc(OC)cc1. The van der Waals surface area contributed by atoms with Gasteiger partial charge >= 0.3 is 0 Å². The number of rotatable bonds is 5. The van der Waals surface area contributed by atoms with Crippen molar-refractivity contribution < 1.29 is 4.74 Å². The molecule has 2 heteroatoms. The highest BCUT2D eigenvalue weighted by Crippen LogP contribution is 2.24. The van der Waals surface area contributed by atoms with Gasteiger partial charge in [-0.15, -0.1) is 0 Å². The number of ether oxygens (including phenoxy) is 1. The van der Waals surface area contributed by atoms with Crippen molar-refractivity contribution in [1.82, 2.24) is 5.32 Å². The van der Waals surface area contributed by atoms with Gasteiger partial charge in [0.05, 0.1) is 7.11 Å². The second-order valence-corrected chi connectivity index (χ2v) is 5.36. The third-order valence-electron chi connectivity index (χ3n) is 3.98. The molecule has 1 aliphatic heterocycles. The second-order valence-electron chi connectivity index (χ2n) is 5.36. The van der Waals surface area contributed by atoms with E-state index in [9.17, 15) is 0 Å². The molecule has 0 spiro atoms. The molecular formula is C17H25NO. The molecule has 0 saturated carbocycles. The zero-order valence-electron chi connectivity index (χ0n) is 12.3. The minimum Gasteiger partial charge on any atom is -0.497 e. The average molecular weight is 259 g/mol. The summed E-state index contributed by atoms with van der Waals surface area (Å²) in [6.07, 6.45) is 4.73. The molecule has 0 amide bonds. The molecule has 104 valence electrons. The Morgan fingerprint density at radius 1 is 1.26 bits per heavy atom. The Morgan fingerprint density at radius 3 is 2.63 bits per heavy atom. The monoisotopic (exact) mass is 259 g/mol. The first-order chi connectivity index (χ1) is 9.24. The minimum absolute atomic E-state index is 0.516. The summed E-state index contributed by atoms with van der Waals surface area (Å²) in [7, 11) is 1.71. The van der Waals surface area contributed by atoms with Crippen LogP contribution in [0.1, 0.15) is 38.7 Å². The minimum atomic E-state index is 0.516. The Morgan fingerprint density at radius 2 is 2.00 bits per heavy atom. The van der Waals surface area contributed by atoms with Crippen molar-refractivity contribution in [1.29, 1.82) is 0 Å². The van der Waals surface area contributed by atoms with Gasteiger partial charge in [-0.1, -0.05) is 36.6 Å². The Kier molecular flexibility index (Phi) is 5.03. The van der Waals surface area contributed by atoms with E-state index < -0.39 is 0 Å². The molecule has 1 unspecified atom stereocenters. The van der Waals surface area contributed by atoms with Gasteiger partial charge in [-0.3, -0.25) is 0 Å². The summed E-state index contributed by atoms with van der Waals surface area (Å²) in [5.74, 6) is 0.931. The van der Waals surface area contributed by atoms with Crippen LogP contribution in [0.5, 0.6) is 5.75 Å². The highest BCUT2D eigenvalue weighted by atomic mass is 16.5. The fourth-order valence-electron chi connectivity index (χ4n) is 2.86. The molecule has 0 bridgehead atoms. The Balaban J connectivity index is 2.09. The van der Waals surface area contributed by atoms with E-state index in [4.69, 9.17) is 4.74 Å². The molecule has 0 radical (unpaired) electrons. The van der Waals surface area contributed by atoms with Crippen molar-refractivity contribution in [3.05, 3.63) is 41.0 Å². The van der Waals surface area contributed by atoms with Crippen molar-refractivity contribution in [2.75, 3.05) is 13.7 Å². The van der Waals surface area contributed by atoms with E-state index in [0.29, 0.717) is 6.04 Å². The van der Waals surface area contributed by atoms with Crippen LogP contribution in [0, 0.1) is 0 Å². The molecule has 19 heavy (non-hydrogen) atoms. The number of nitrogens with one attached hydrogen (secondary N) is 1. The molecule has 1 aliphatic rings. The molecule has 1 aromatic rings. The molecule has 0 saturated heterocycles. The maximum Gasteiger partial charge on any atom is 0.118 e. The third-order valence-corrected chi connectivity index (χ3v) is 3.98. The van der Waals surface area contributed by atoms with E-state index in [0.717, 1.165) is 18.7 Å². The standard InChI is InChI=1S/C17H25NO/c1-4-5-16-13(2)10-11-18-17(16)12-14-6-8-15(19-3)9-7-14/h6-9,17-18H,4-5,10-12H2,1-3H3. The van der Waals surface area contributed by atoms with Crippen LogP contribution in [0.4, 0.5) is 0 Å². The molecule has 0 aliphatic carbocycles. The van der Waals surface area contributed by atoms with Crippen LogP contribution in [0.3, 0.4) is 0 Å². The fraction of sp³-hybridized carbons (Fsp3) is 0.529. The lowest BCUT2D eigenvalue weighted by atomic mass is 9.88. The lowest BCUT2D eigenvalue weighted by Gasteiger charge is -2.29. The fourth-order valence-corrected chi connectivity index (χ4v) is 2.86. The van der Waals surface area contributed by atoms with Gasteiger partial charge in [-0.25, -0.2) is 0 Å². The van der Waals surface area contributed by atoms with Crippen molar-refractivity contribution >= 4 is 0 Å². The number of benzene rings is 1. The lowest BCUT2D eigenvalue weighted by molar-refractivity contribution is 0.414. The first-order valence-corrected chi connectivity index (χ1v) is 7.29. The van der Waals surface area contributed by atoms with E-state index in [1.165, 1.54) is 24.8 Å². The summed E-state index contributed by atoms with van der Waals surface area (Å²) in [6, 6.07) is 8.96.